The molecule has 0 saturated carbocycles. The summed E-state index contributed by atoms with van der Waals surface area (Å²) in [7, 11) is -3.68. The highest BCUT2D eigenvalue weighted by molar-refractivity contribution is 7.91. The number of hydrogen-bond acceptors (Lipinski definition) is 7. The van der Waals surface area contributed by atoms with Gasteiger partial charge in [0.05, 0.1) is 5.69 Å². The zero-order valence-corrected chi connectivity index (χ0v) is 17.3. The Morgan fingerprint density at radius 3 is 2.86 bits per heavy atom. The smallest absolute Gasteiger partial charge is 0.253 e. The molecule has 1 aliphatic heterocycles. The maximum absolute atomic E-state index is 12.9. The number of nitrogens with zero attached hydrogens (tertiary/aromatic N) is 3. The minimum atomic E-state index is -3.68. The third-order valence-electron chi connectivity index (χ3n) is 4.51. The third kappa shape index (κ3) is 3.86. The van der Waals surface area contributed by atoms with Crippen molar-refractivity contribution in [3.63, 3.8) is 0 Å². The molecule has 0 bridgehead atoms. The Bertz CT molecular complexity index is 1050. The first-order chi connectivity index (χ1) is 13.6. The molecular formula is C18H18N4O3S3. The van der Waals surface area contributed by atoms with E-state index in [-0.39, 0.29) is 10.1 Å². The van der Waals surface area contributed by atoms with Crippen molar-refractivity contribution in [2.45, 2.75) is 29.5 Å². The molecule has 1 fully saturated rings. The van der Waals surface area contributed by atoms with Crippen LogP contribution in [0.3, 0.4) is 0 Å². The largest absolute Gasteiger partial charge is 0.301 e. The van der Waals surface area contributed by atoms with Gasteiger partial charge in [0, 0.05) is 29.9 Å². The second-order valence-corrected chi connectivity index (χ2v) is 10.3. The van der Waals surface area contributed by atoms with Crippen molar-refractivity contribution in [3.8, 4) is 11.3 Å². The molecule has 1 amide bonds. The molecule has 28 heavy (non-hydrogen) atoms. The van der Waals surface area contributed by atoms with Crippen molar-refractivity contribution in [1.82, 2.24) is 14.3 Å². The van der Waals surface area contributed by atoms with E-state index in [4.69, 9.17) is 0 Å². The standard InChI is InChI=1S/C18H18N4O3S3/c23-17(21-18-20-14(12-27-18)13-5-3-8-19-11-13)15-6-1-2-9-22(15)28(24,25)16-7-4-10-26-16/h3-5,7-8,10-12,15H,1-2,6,9H2,(H,20,21,23)/t15-/m0/s1. The van der Waals surface area contributed by atoms with Gasteiger partial charge in [0.2, 0.25) is 5.91 Å². The minimum absolute atomic E-state index is 0.264. The van der Waals surface area contributed by atoms with Gasteiger partial charge in [-0.05, 0) is 36.4 Å². The van der Waals surface area contributed by atoms with Gasteiger partial charge in [-0.1, -0.05) is 12.5 Å². The molecule has 3 aromatic heterocycles. The van der Waals surface area contributed by atoms with Crippen LogP contribution < -0.4 is 5.32 Å². The molecule has 0 aliphatic carbocycles. The predicted octanol–water partition coefficient (Wildman–Crippen LogP) is 3.45. The monoisotopic (exact) mass is 434 g/mol. The van der Waals surface area contributed by atoms with Crippen LogP contribution in [0.5, 0.6) is 0 Å². The van der Waals surface area contributed by atoms with Gasteiger partial charge in [-0.25, -0.2) is 13.4 Å². The van der Waals surface area contributed by atoms with Gasteiger partial charge in [-0.3, -0.25) is 9.78 Å². The second-order valence-electron chi connectivity index (χ2n) is 6.33. The molecule has 4 heterocycles. The number of hydrogen-bond donors (Lipinski definition) is 1. The number of pyridine rings is 1. The van der Waals surface area contributed by atoms with Crippen LogP contribution >= 0.6 is 22.7 Å². The number of thiophene rings is 1. The molecule has 1 saturated heterocycles. The number of rotatable bonds is 5. The number of aromatic nitrogens is 2. The van der Waals surface area contributed by atoms with E-state index >= 15 is 0 Å². The Labute approximate surface area is 171 Å². The SMILES string of the molecule is O=C(Nc1nc(-c2cccnc2)cs1)[C@@H]1CCCCN1S(=O)(=O)c1cccs1. The number of carbonyl (C=O) groups excluding carboxylic acids is 1. The highest BCUT2D eigenvalue weighted by atomic mass is 32.2. The van der Waals surface area contributed by atoms with Crippen LogP contribution in [-0.2, 0) is 14.8 Å². The first-order valence-corrected chi connectivity index (χ1v) is 12.0. The molecule has 4 rings (SSSR count). The second kappa shape index (κ2) is 8.08. The summed E-state index contributed by atoms with van der Waals surface area (Å²) in [6, 6.07) is 6.26. The number of carbonyl (C=O) groups is 1. The molecule has 7 nitrogen and oxygen atoms in total. The molecule has 0 aromatic carbocycles. The van der Waals surface area contributed by atoms with Crippen molar-refractivity contribution in [2.75, 3.05) is 11.9 Å². The van der Waals surface area contributed by atoms with Gasteiger partial charge in [0.25, 0.3) is 10.0 Å². The van der Waals surface area contributed by atoms with Crippen LogP contribution in [0.15, 0.2) is 51.6 Å². The first kappa shape index (κ1) is 19.2. The predicted molar refractivity (Wildman–Crippen MR) is 110 cm³/mol. The third-order valence-corrected chi connectivity index (χ3v) is 8.54. The van der Waals surface area contributed by atoms with Crippen LogP contribution in [0.25, 0.3) is 11.3 Å². The van der Waals surface area contributed by atoms with E-state index in [2.05, 4.69) is 15.3 Å². The number of thiazole rings is 1. The lowest BCUT2D eigenvalue weighted by Crippen LogP contribution is -2.49. The number of sulfonamides is 1. The summed E-state index contributed by atoms with van der Waals surface area (Å²) in [4.78, 5) is 21.4. The van der Waals surface area contributed by atoms with Crippen molar-refractivity contribution in [3.05, 3.63) is 47.4 Å². The minimum Gasteiger partial charge on any atom is -0.301 e. The van der Waals surface area contributed by atoms with Crippen LogP contribution in [0.4, 0.5) is 5.13 Å². The zero-order chi connectivity index (χ0) is 19.6. The topological polar surface area (TPSA) is 92.3 Å². The van der Waals surface area contributed by atoms with Gasteiger partial charge in [0.15, 0.2) is 5.13 Å². The van der Waals surface area contributed by atoms with Gasteiger partial charge in [-0.2, -0.15) is 4.31 Å². The van der Waals surface area contributed by atoms with Gasteiger partial charge >= 0.3 is 0 Å². The first-order valence-electron chi connectivity index (χ1n) is 8.78. The molecule has 0 spiro atoms. The Balaban J connectivity index is 1.53. The molecule has 146 valence electrons. The highest BCUT2D eigenvalue weighted by Crippen LogP contribution is 2.29. The van der Waals surface area contributed by atoms with E-state index in [1.165, 1.54) is 15.6 Å². The molecule has 1 aliphatic rings. The average Bonchev–Trinajstić information content (AvgIpc) is 3.41. The maximum atomic E-state index is 12.9. The molecule has 1 N–H and O–H groups in total. The normalized spacial score (nSPS) is 18.1. The quantitative estimate of drug-likeness (QED) is 0.664. The van der Waals surface area contributed by atoms with E-state index in [9.17, 15) is 13.2 Å². The van der Waals surface area contributed by atoms with Gasteiger partial charge in [-0.15, -0.1) is 22.7 Å². The molecule has 10 heteroatoms. The van der Waals surface area contributed by atoms with Crippen LogP contribution in [0.2, 0.25) is 0 Å². The molecule has 3 aromatic rings. The summed E-state index contributed by atoms with van der Waals surface area (Å²) in [5, 5.41) is 6.81. The van der Waals surface area contributed by atoms with E-state index in [1.807, 2.05) is 17.5 Å². The maximum Gasteiger partial charge on any atom is 0.253 e. The zero-order valence-electron chi connectivity index (χ0n) is 14.8. The lowest BCUT2D eigenvalue weighted by molar-refractivity contribution is -0.120. The number of piperidine rings is 1. The van der Waals surface area contributed by atoms with Crippen molar-refractivity contribution in [2.24, 2.45) is 0 Å². The van der Waals surface area contributed by atoms with Crippen molar-refractivity contribution in [1.29, 1.82) is 0 Å². The Hall–Kier alpha value is -2.14. The van der Waals surface area contributed by atoms with E-state index in [0.717, 1.165) is 35.4 Å². The fraction of sp³-hybridized carbons (Fsp3) is 0.278. The number of amides is 1. The van der Waals surface area contributed by atoms with E-state index in [1.54, 1.807) is 29.9 Å². The Kier molecular flexibility index (Phi) is 5.54. The summed E-state index contributed by atoms with van der Waals surface area (Å²) in [6.45, 7) is 0.344. The summed E-state index contributed by atoms with van der Waals surface area (Å²) in [5.41, 5.74) is 1.58. The van der Waals surface area contributed by atoms with Gasteiger partial charge < -0.3 is 5.32 Å². The van der Waals surface area contributed by atoms with E-state index < -0.39 is 16.1 Å². The fourth-order valence-corrected chi connectivity index (χ4v) is 6.65. The fourth-order valence-electron chi connectivity index (χ4n) is 3.15. The average molecular weight is 435 g/mol. The molecular weight excluding hydrogens is 416 g/mol. The van der Waals surface area contributed by atoms with Crippen LogP contribution in [0.1, 0.15) is 19.3 Å². The summed E-state index contributed by atoms with van der Waals surface area (Å²) in [6.07, 6.45) is 5.45. The Morgan fingerprint density at radius 2 is 2.11 bits per heavy atom. The number of anilines is 1. The summed E-state index contributed by atoms with van der Waals surface area (Å²) >= 11 is 2.47. The summed E-state index contributed by atoms with van der Waals surface area (Å²) in [5.74, 6) is -0.341. The van der Waals surface area contributed by atoms with E-state index in [0.29, 0.717) is 18.1 Å². The highest BCUT2D eigenvalue weighted by Gasteiger charge is 2.38. The number of nitrogens with one attached hydrogen (secondary N) is 1. The van der Waals surface area contributed by atoms with Crippen LogP contribution in [0, 0.1) is 0 Å². The van der Waals surface area contributed by atoms with Crippen molar-refractivity contribution < 1.29 is 13.2 Å². The van der Waals surface area contributed by atoms with Crippen LogP contribution in [-0.4, -0.2) is 41.2 Å². The lowest BCUT2D eigenvalue weighted by atomic mass is 10.0. The van der Waals surface area contributed by atoms with Crippen molar-refractivity contribution >= 4 is 43.7 Å². The van der Waals surface area contributed by atoms with Gasteiger partial charge in [0.1, 0.15) is 10.3 Å². The molecule has 1 atom stereocenters. The Morgan fingerprint density at radius 1 is 1.21 bits per heavy atom. The lowest BCUT2D eigenvalue weighted by Gasteiger charge is -2.32. The summed E-state index contributed by atoms with van der Waals surface area (Å²) < 4.78 is 27.5. The molecule has 0 radical (unpaired) electrons. The molecule has 0 unspecified atom stereocenters.